The first-order chi connectivity index (χ1) is 11.6. The molecule has 2 aliphatic heterocycles. The second kappa shape index (κ2) is 7.59. The summed E-state index contributed by atoms with van der Waals surface area (Å²) in [6, 6.07) is 6.51. The Bertz CT molecular complexity index is 567. The number of nitrogens with one attached hydrogen (secondary N) is 1. The van der Waals surface area contributed by atoms with Crippen LogP contribution in [0.2, 0.25) is 0 Å². The highest BCUT2D eigenvalue weighted by Crippen LogP contribution is 2.27. The van der Waals surface area contributed by atoms with E-state index < -0.39 is 6.04 Å². The molecular formula is C18H26FN3O2. The molecule has 24 heavy (non-hydrogen) atoms. The summed E-state index contributed by atoms with van der Waals surface area (Å²) in [5.41, 5.74) is 0.461. The minimum atomic E-state index is -0.576. The van der Waals surface area contributed by atoms with E-state index in [4.69, 9.17) is 4.74 Å². The van der Waals surface area contributed by atoms with Gasteiger partial charge in [0.25, 0.3) is 0 Å². The standard InChI is InChI=1S/C18H26FN3O2/c1-13-11-22(12-14(2)20-13)18(23)17(21-7-9-24-10-8-21)15-5-3-4-6-16(15)19/h3-6,13-14,17,20H,7-12H2,1-2H3/t13-,14+,17-/m1/s1. The van der Waals surface area contributed by atoms with Gasteiger partial charge in [-0.1, -0.05) is 18.2 Å². The van der Waals surface area contributed by atoms with E-state index in [1.807, 2.05) is 9.80 Å². The number of rotatable bonds is 3. The smallest absolute Gasteiger partial charge is 0.244 e. The number of amides is 1. The molecule has 0 radical (unpaired) electrons. The number of carbonyl (C=O) groups excluding carboxylic acids is 1. The van der Waals surface area contributed by atoms with Gasteiger partial charge in [0.1, 0.15) is 11.9 Å². The van der Waals surface area contributed by atoms with Crippen molar-refractivity contribution in [2.75, 3.05) is 39.4 Å². The van der Waals surface area contributed by atoms with Crippen molar-refractivity contribution in [2.45, 2.75) is 32.0 Å². The van der Waals surface area contributed by atoms with E-state index in [9.17, 15) is 9.18 Å². The molecule has 2 fully saturated rings. The number of morpholine rings is 1. The Balaban J connectivity index is 1.89. The Kier molecular flexibility index (Phi) is 5.48. The fourth-order valence-electron chi connectivity index (χ4n) is 3.70. The molecule has 5 nitrogen and oxygen atoms in total. The molecule has 2 aliphatic rings. The van der Waals surface area contributed by atoms with Gasteiger partial charge in [0, 0.05) is 43.8 Å². The molecule has 0 bridgehead atoms. The predicted octanol–water partition coefficient (Wildman–Crippen LogP) is 1.41. The first kappa shape index (κ1) is 17.3. The lowest BCUT2D eigenvalue weighted by Gasteiger charge is -2.41. The van der Waals surface area contributed by atoms with Gasteiger partial charge in [-0.05, 0) is 19.9 Å². The molecule has 1 amide bonds. The third-order valence-electron chi connectivity index (χ3n) is 4.71. The van der Waals surface area contributed by atoms with E-state index in [-0.39, 0.29) is 23.8 Å². The van der Waals surface area contributed by atoms with Gasteiger partial charge in [-0.15, -0.1) is 0 Å². The van der Waals surface area contributed by atoms with E-state index >= 15 is 0 Å². The largest absolute Gasteiger partial charge is 0.379 e. The highest BCUT2D eigenvalue weighted by atomic mass is 19.1. The molecule has 0 saturated carbocycles. The van der Waals surface area contributed by atoms with Gasteiger partial charge in [-0.25, -0.2) is 4.39 Å². The summed E-state index contributed by atoms with van der Waals surface area (Å²) in [5, 5.41) is 3.43. The summed E-state index contributed by atoms with van der Waals surface area (Å²) in [4.78, 5) is 17.2. The van der Waals surface area contributed by atoms with Crippen molar-refractivity contribution in [1.82, 2.24) is 15.1 Å². The van der Waals surface area contributed by atoms with Crippen LogP contribution in [0.1, 0.15) is 25.5 Å². The minimum absolute atomic E-state index is 0.0119. The zero-order valence-electron chi connectivity index (χ0n) is 14.4. The lowest BCUT2D eigenvalue weighted by Crippen LogP contribution is -2.58. The van der Waals surface area contributed by atoms with E-state index in [0.29, 0.717) is 45.0 Å². The predicted molar refractivity (Wildman–Crippen MR) is 90.2 cm³/mol. The molecule has 1 N–H and O–H groups in total. The van der Waals surface area contributed by atoms with Crippen molar-refractivity contribution < 1.29 is 13.9 Å². The molecular weight excluding hydrogens is 309 g/mol. The molecule has 1 aromatic rings. The van der Waals surface area contributed by atoms with Crippen LogP contribution < -0.4 is 5.32 Å². The van der Waals surface area contributed by atoms with Gasteiger partial charge in [-0.3, -0.25) is 9.69 Å². The molecule has 0 aliphatic carbocycles. The molecule has 0 unspecified atom stereocenters. The third kappa shape index (κ3) is 3.77. The maximum Gasteiger partial charge on any atom is 0.244 e. The molecule has 132 valence electrons. The van der Waals surface area contributed by atoms with Crippen molar-refractivity contribution in [3.05, 3.63) is 35.6 Å². The summed E-state index contributed by atoms with van der Waals surface area (Å²) in [6.45, 7) is 7.88. The number of hydrogen-bond donors (Lipinski definition) is 1. The van der Waals surface area contributed by atoms with Gasteiger partial charge in [0.05, 0.1) is 13.2 Å². The van der Waals surface area contributed by atoms with Crippen LogP contribution in [-0.2, 0) is 9.53 Å². The maximum absolute atomic E-state index is 14.4. The zero-order chi connectivity index (χ0) is 17.1. The van der Waals surface area contributed by atoms with E-state index in [2.05, 4.69) is 19.2 Å². The van der Waals surface area contributed by atoms with Crippen molar-refractivity contribution in [3.8, 4) is 0 Å². The van der Waals surface area contributed by atoms with E-state index in [1.165, 1.54) is 6.07 Å². The van der Waals surface area contributed by atoms with Crippen LogP contribution >= 0.6 is 0 Å². The number of ether oxygens (including phenoxy) is 1. The second-order valence-corrected chi connectivity index (χ2v) is 6.78. The lowest BCUT2D eigenvalue weighted by molar-refractivity contribution is -0.141. The van der Waals surface area contributed by atoms with Gasteiger partial charge in [0.2, 0.25) is 5.91 Å². The molecule has 0 aromatic heterocycles. The first-order valence-corrected chi connectivity index (χ1v) is 8.67. The Labute approximate surface area is 142 Å². The van der Waals surface area contributed by atoms with Crippen LogP contribution in [0.3, 0.4) is 0 Å². The second-order valence-electron chi connectivity index (χ2n) is 6.78. The molecule has 0 spiro atoms. The molecule has 3 rings (SSSR count). The van der Waals surface area contributed by atoms with E-state index in [1.54, 1.807) is 18.2 Å². The fraction of sp³-hybridized carbons (Fsp3) is 0.611. The lowest BCUT2D eigenvalue weighted by atomic mass is 10.0. The van der Waals surface area contributed by atoms with Crippen LogP contribution in [0.5, 0.6) is 0 Å². The number of hydrogen-bond acceptors (Lipinski definition) is 4. The number of piperazine rings is 1. The number of nitrogens with zero attached hydrogens (tertiary/aromatic N) is 2. The Morgan fingerprint density at radius 2 is 1.83 bits per heavy atom. The van der Waals surface area contributed by atoms with Crippen LogP contribution in [0, 0.1) is 5.82 Å². The zero-order valence-corrected chi connectivity index (χ0v) is 14.4. The molecule has 3 atom stereocenters. The van der Waals surface area contributed by atoms with Crippen molar-refractivity contribution >= 4 is 5.91 Å². The van der Waals surface area contributed by atoms with Crippen molar-refractivity contribution in [2.24, 2.45) is 0 Å². The first-order valence-electron chi connectivity index (χ1n) is 8.67. The minimum Gasteiger partial charge on any atom is -0.379 e. The summed E-state index contributed by atoms with van der Waals surface area (Å²) in [5.74, 6) is -0.333. The molecule has 2 heterocycles. The highest BCUT2D eigenvalue weighted by molar-refractivity contribution is 5.83. The van der Waals surface area contributed by atoms with Crippen molar-refractivity contribution in [3.63, 3.8) is 0 Å². The van der Waals surface area contributed by atoms with E-state index in [0.717, 1.165) is 0 Å². The number of halogens is 1. The van der Waals surface area contributed by atoms with Crippen LogP contribution in [0.15, 0.2) is 24.3 Å². The average Bonchev–Trinajstić information content (AvgIpc) is 2.57. The normalized spacial score (nSPS) is 27.0. The topological polar surface area (TPSA) is 44.8 Å². The van der Waals surface area contributed by atoms with Crippen LogP contribution in [0.4, 0.5) is 4.39 Å². The summed E-state index contributed by atoms with van der Waals surface area (Å²) in [6.07, 6.45) is 0. The highest BCUT2D eigenvalue weighted by Gasteiger charge is 2.36. The monoisotopic (exact) mass is 335 g/mol. The van der Waals surface area contributed by atoms with Crippen LogP contribution in [-0.4, -0.2) is 67.2 Å². The third-order valence-corrected chi connectivity index (χ3v) is 4.71. The Morgan fingerprint density at radius 1 is 1.21 bits per heavy atom. The summed E-state index contributed by atoms with van der Waals surface area (Å²) >= 11 is 0. The van der Waals surface area contributed by atoms with Gasteiger partial charge < -0.3 is 15.0 Å². The summed E-state index contributed by atoms with van der Waals surface area (Å²) < 4.78 is 19.8. The quantitative estimate of drug-likeness (QED) is 0.907. The maximum atomic E-state index is 14.4. The number of benzene rings is 1. The van der Waals surface area contributed by atoms with Gasteiger partial charge in [-0.2, -0.15) is 0 Å². The fourth-order valence-corrected chi connectivity index (χ4v) is 3.70. The molecule has 2 saturated heterocycles. The molecule has 6 heteroatoms. The van der Waals surface area contributed by atoms with Crippen molar-refractivity contribution in [1.29, 1.82) is 0 Å². The Hall–Kier alpha value is -1.50. The summed E-state index contributed by atoms with van der Waals surface area (Å²) in [7, 11) is 0. The van der Waals surface area contributed by atoms with Gasteiger partial charge >= 0.3 is 0 Å². The van der Waals surface area contributed by atoms with Crippen LogP contribution in [0.25, 0.3) is 0 Å². The average molecular weight is 335 g/mol. The Morgan fingerprint density at radius 3 is 2.46 bits per heavy atom. The van der Waals surface area contributed by atoms with Gasteiger partial charge in [0.15, 0.2) is 0 Å². The molecule has 1 aromatic carbocycles. The number of carbonyl (C=O) groups is 1. The SMILES string of the molecule is C[C@@H]1CN(C(=O)[C@@H](c2ccccc2F)N2CCOCC2)C[C@H](C)N1.